The van der Waals surface area contributed by atoms with Gasteiger partial charge in [-0.05, 0) is 12.0 Å². The van der Waals surface area contributed by atoms with Gasteiger partial charge in [-0.15, -0.1) is 0 Å². The number of benzene rings is 1. The van der Waals surface area contributed by atoms with E-state index >= 15 is 0 Å². The summed E-state index contributed by atoms with van der Waals surface area (Å²) in [5.41, 5.74) is 1.37. The highest BCUT2D eigenvalue weighted by Crippen LogP contribution is 2.33. The molecule has 0 aromatic heterocycles. The van der Waals surface area contributed by atoms with Crippen molar-refractivity contribution in [2.24, 2.45) is 4.99 Å². The van der Waals surface area contributed by atoms with Crippen LogP contribution in [0.4, 0.5) is 0 Å². The van der Waals surface area contributed by atoms with Crippen molar-refractivity contribution in [2.75, 3.05) is 13.1 Å². The summed E-state index contributed by atoms with van der Waals surface area (Å²) in [6.07, 6.45) is 1.15. The van der Waals surface area contributed by atoms with Gasteiger partial charge in [0.25, 0.3) is 0 Å². The summed E-state index contributed by atoms with van der Waals surface area (Å²) in [4.78, 5) is 4.50. The van der Waals surface area contributed by atoms with E-state index in [0.29, 0.717) is 5.25 Å². The Morgan fingerprint density at radius 2 is 2.20 bits per heavy atom. The molecule has 1 aliphatic rings. The molecule has 0 fully saturated rings. The molecule has 0 spiro atoms. The van der Waals surface area contributed by atoms with Gasteiger partial charge in [-0.1, -0.05) is 49.0 Å². The number of hydrogen-bond acceptors (Lipinski definition) is 3. The molecule has 1 heterocycles. The second kappa shape index (κ2) is 5.21. The molecule has 1 N–H and O–H groups in total. The van der Waals surface area contributed by atoms with E-state index in [2.05, 4.69) is 47.6 Å². The van der Waals surface area contributed by atoms with E-state index in [1.54, 1.807) is 0 Å². The molecule has 80 valence electrons. The summed E-state index contributed by atoms with van der Waals surface area (Å²) in [5, 5.41) is 4.95. The molecule has 15 heavy (non-hydrogen) atoms. The second-order valence-corrected chi connectivity index (χ2v) is 4.78. The Kier molecular flexibility index (Phi) is 3.67. The molecule has 0 radical (unpaired) electrons. The molecular formula is C12H16N2S. The van der Waals surface area contributed by atoms with Crippen molar-refractivity contribution in [3.8, 4) is 0 Å². The van der Waals surface area contributed by atoms with Crippen LogP contribution in [0.1, 0.15) is 24.2 Å². The van der Waals surface area contributed by atoms with Gasteiger partial charge in [-0.3, -0.25) is 4.99 Å². The number of nitrogens with zero attached hydrogens (tertiary/aromatic N) is 1. The minimum atomic E-state index is 0.505. The van der Waals surface area contributed by atoms with Crippen LogP contribution in [-0.2, 0) is 0 Å². The van der Waals surface area contributed by atoms with Gasteiger partial charge in [-0.25, -0.2) is 0 Å². The molecule has 1 unspecified atom stereocenters. The lowest BCUT2D eigenvalue weighted by molar-refractivity contribution is 0.844. The van der Waals surface area contributed by atoms with Crippen LogP contribution >= 0.6 is 11.8 Å². The molecule has 3 heteroatoms. The standard InChI is InChI=1S/C12H16N2S/c1-2-8-13-12-14-9-11(15-12)10-6-4-3-5-7-10/h3-7,11H,2,8-9H2,1H3,(H,13,14). The Labute approximate surface area is 95.2 Å². The molecular weight excluding hydrogens is 204 g/mol. The van der Waals surface area contributed by atoms with Crippen LogP contribution in [-0.4, -0.2) is 18.3 Å². The molecule has 0 saturated heterocycles. The van der Waals surface area contributed by atoms with E-state index in [4.69, 9.17) is 0 Å². The van der Waals surface area contributed by atoms with E-state index in [0.717, 1.165) is 24.7 Å². The Balaban J connectivity index is 1.90. The third kappa shape index (κ3) is 2.75. The number of nitrogens with one attached hydrogen (secondary N) is 1. The van der Waals surface area contributed by atoms with Crippen LogP contribution in [0.25, 0.3) is 0 Å². The average Bonchev–Trinajstić information content (AvgIpc) is 2.76. The number of aliphatic imine (C=N–C) groups is 1. The third-order valence-electron chi connectivity index (χ3n) is 2.35. The lowest BCUT2D eigenvalue weighted by atomic mass is 10.1. The normalized spacial score (nSPS) is 20.1. The summed E-state index contributed by atoms with van der Waals surface area (Å²) < 4.78 is 0. The maximum Gasteiger partial charge on any atom is 0.157 e. The van der Waals surface area contributed by atoms with Gasteiger partial charge in [0, 0.05) is 6.54 Å². The van der Waals surface area contributed by atoms with E-state index in [1.807, 2.05) is 11.8 Å². The van der Waals surface area contributed by atoms with E-state index in [1.165, 1.54) is 5.56 Å². The second-order valence-electron chi connectivity index (χ2n) is 3.59. The molecule has 2 nitrogen and oxygen atoms in total. The van der Waals surface area contributed by atoms with Crippen LogP contribution in [0.3, 0.4) is 0 Å². The highest BCUT2D eigenvalue weighted by Gasteiger charge is 2.20. The zero-order chi connectivity index (χ0) is 10.5. The first-order valence-electron chi connectivity index (χ1n) is 5.40. The van der Waals surface area contributed by atoms with E-state index in [-0.39, 0.29) is 0 Å². The summed E-state index contributed by atoms with van der Waals surface area (Å²) in [7, 11) is 0. The number of hydrogen-bond donors (Lipinski definition) is 1. The van der Waals surface area contributed by atoms with Crippen molar-refractivity contribution >= 4 is 16.9 Å². The number of rotatable bonds is 3. The monoisotopic (exact) mass is 220 g/mol. The molecule has 0 amide bonds. The van der Waals surface area contributed by atoms with Crippen molar-refractivity contribution < 1.29 is 0 Å². The van der Waals surface area contributed by atoms with Crippen LogP contribution in [0, 0.1) is 0 Å². The van der Waals surface area contributed by atoms with Gasteiger partial charge in [0.1, 0.15) is 0 Å². The lowest BCUT2D eigenvalue weighted by Gasteiger charge is -2.08. The fourth-order valence-electron chi connectivity index (χ4n) is 1.55. The maximum atomic E-state index is 4.50. The Morgan fingerprint density at radius 1 is 1.40 bits per heavy atom. The molecule has 1 aromatic rings. The first kappa shape index (κ1) is 10.6. The maximum absolute atomic E-state index is 4.50. The predicted octanol–water partition coefficient (Wildman–Crippen LogP) is 2.83. The Hall–Kier alpha value is -0.960. The van der Waals surface area contributed by atoms with Crippen LogP contribution in [0.5, 0.6) is 0 Å². The smallest absolute Gasteiger partial charge is 0.157 e. The van der Waals surface area contributed by atoms with Crippen molar-refractivity contribution in [3.63, 3.8) is 0 Å². The van der Waals surface area contributed by atoms with Crippen molar-refractivity contribution in [1.82, 2.24) is 5.32 Å². The molecule has 2 rings (SSSR count). The highest BCUT2D eigenvalue weighted by molar-refractivity contribution is 8.14. The van der Waals surface area contributed by atoms with Crippen LogP contribution in [0.2, 0.25) is 0 Å². The topological polar surface area (TPSA) is 24.4 Å². The molecule has 1 aromatic carbocycles. The van der Waals surface area contributed by atoms with Gasteiger partial charge in [0.05, 0.1) is 11.8 Å². The van der Waals surface area contributed by atoms with Gasteiger partial charge in [0.15, 0.2) is 5.17 Å². The number of thioether (sulfide) groups is 1. The highest BCUT2D eigenvalue weighted by atomic mass is 32.2. The largest absolute Gasteiger partial charge is 0.365 e. The first-order valence-corrected chi connectivity index (χ1v) is 6.28. The quantitative estimate of drug-likeness (QED) is 0.847. The zero-order valence-electron chi connectivity index (χ0n) is 8.94. The third-order valence-corrected chi connectivity index (χ3v) is 3.55. The summed E-state index contributed by atoms with van der Waals surface area (Å²) >= 11 is 1.84. The minimum absolute atomic E-state index is 0.505. The molecule has 1 aliphatic heterocycles. The summed E-state index contributed by atoms with van der Waals surface area (Å²) in [5.74, 6) is 0. The van der Waals surface area contributed by atoms with Gasteiger partial charge >= 0.3 is 0 Å². The minimum Gasteiger partial charge on any atom is -0.365 e. The molecule has 0 aliphatic carbocycles. The Morgan fingerprint density at radius 3 is 2.93 bits per heavy atom. The summed E-state index contributed by atoms with van der Waals surface area (Å²) in [6, 6.07) is 10.6. The molecule has 0 bridgehead atoms. The van der Waals surface area contributed by atoms with Crippen molar-refractivity contribution in [1.29, 1.82) is 0 Å². The zero-order valence-corrected chi connectivity index (χ0v) is 9.76. The van der Waals surface area contributed by atoms with E-state index in [9.17, 15) is 0 Å². The molecule has 0 saturated carbocycles. The summed E-state index contributed by atoms with van der Waals surface area (Å²) in [6.45, 7) is 4.09. The van der Waals surface area contributed by atoms with Gasteiger partial charge < -0.3 is 5.32 Å². The van der Waals surface area contributed by atoms with Crippen LogP contribution < -0.4 is 5.32 Å². The first-order chi connectivity index (χ1) is 7.40. The van der Waals surface area contributed by atoms with E-state index < -0.39 is 0 Å². The average molecular weight is 220 g/mol. The Bertz CT molecular complexity index is 335. The fraction of sp³-hybridized carbons (Fsp3) is 0.417. The van der Waals surface area contributed by atoms with Crippen molar-refractivity contribution in [2.45, 2.75) is 18.6 Å². The van der Waals surface area contributed by atoms with Gasteiger partial charge in [0.2, 0.25) is 0 Å². The lowest BCUT2D eigenvalue weighted by Crippen LogP contribution is -2.19. The predicted molar refractivity (Wildman–Crippen MR) is 67.4 cm³/mol. The van der Waals surface area contributed by atoms with Crippen molar-refractivity contribution in [3.05, 3.63) is 35.9 Å². The fourth-order valence-corrected chi connectivity index (χ4v) is 2.59. The SMILES string of the molecule is CCCNC1=NCC(c2ccccc2)S1. The molecule has 1 atom stereocenters. The number of amidine groups is 1. The van der Waals surface area contributed by atoms with Crippen LogP contribution in [0.15, 0.2) is 35.3 Å². The van der Waals surface area contributed by atoms with Gasteiger partial charge in [-0.2, -0.15) is 0 Å².